The number of hydrogen-bond donors (Lipinski definition) is 2. The van der Waals surface area contributed by atoms with E-state index in [4.69, 9.17) is 0 Å². The van der Waals surface area contributed by atoms with Crippen LogP contribution in [0.2, 0.25) is 0 Å². The number of carbonyl (C=O) groups excluding carboxylic acids is 1. The van der Waals surface area contributed by atoms with Gasteiger partial charge in [-0.05, 0) is 54.0 Å². The van der Waals surface area contributed by atoms with Gasteiger partial charge < -0.3 is 15.2 Å². The summed E-state index contributed by atoms with van der Waals surface area (Å²) in [5, 5.41) is 15.5. The van der Waals surface area contributed by atoms with Crippen molar-refractivity contribution in [1.82, 2.24) is 15.2 Å². The first kappa shape index (κ1) is 19.3. The second-order valence-electron chi connectivity index (χ2n) is 7.98. The van der Waals surface area contributed by atoms with E-state index in [0.717, 1.165) is 19.3 Å². The van der Waals surface area contributed by atoms with E-state index in [1.165, 1.54) is 16.7 Å². The Bertz CT molecular complexity index is 1040. The van der Waals surface area contributed by atoms with Crippen LogP contribution in [0.4, 0.5) is 4.39 Å². The van der Waals surface area contributed by atoms with E-state index in [1.54, 1.807) is 31.4 Å². The molecule has 2 aliphatic rings. The molecular weight excluding hydrogens is 371 g/mol. The quantitative estimate of drug-likeness (QED) is 0.811. The highest BCUT2D eigenvalue weighted by Crippen LogP contribution is 2.35. The largest absolute Gasteiger partial charge is 0.339 e. The first-order valence-electron chi connectivity index (χ1n) is 9.86. The van der Waals surface area contributed by atoms with Gasteiger partial charge in [-0.15, -0.1) is 0 Å². The normalized spacial score (nSPS) is 23.6. The molecule has 0 spiro atoms. The zero-order valence-electron chi connectivity index (χ0n) is 16.2. The SMILES string of the molecule is Cn1ccc(-c2ccc(C[C@@H](C#N)NC(=O)C3NC4CCC3C4)c(F)c2)cc1=O. The maximum Gasteiger partial charge on any atom is 0.250 e. The second-order valence-corrected chi connectivity index (χ2v) is 7.98. The summed E-state index contributed by atoms with van der Waals surface area (Å²) in [6.07, 6.45) is 4.86. The van der Waals surface area contributed by atoms with Gasteiger partial charge in [0.25, 0.3) is 5.56 Å². The summed E-state index contributed by atoms with van der Waals surface area (Å²) < 4.78 is 16.1. The second kappa shape index (κ2) is 7.80. The Morgan fingerprint density at radius 2 is 2.14 bits per heavy atom. The average molecular weight is 394 g/mol. The van der Waals surface area contributed by atoms with Crippen molar-refractivity contribution in [3.05, 3.63) is 58.3 Å². The van der Waals surface area contributed by atoms with Gasteiger partial charge in [0, 0.05) is 31.8 Å². The van der Waals surface area contributed by atoms with E-state index >= 15 is 0 Å². The maximum atomic E-state index is 14.7. The zero-order valence-corrected chi connectivity index (χ0v) is 16.2. The summed E-state index contributed by atoms with van der Waals surface area (Å²) in [5.74, 6) is -0.314. The van der Waals surface area contributed by atoms with E-state index < -0.39 is 11.9 Å². The number of nitrogens with one attached hydrogen (secondary N) is 2. The van der Waals surface area contributed by atoms with Crippen LogP contribution in [0.5, 0.6) is 0 Å². The summed E-state index contributed by atoms with van der Waals surface area (Å²) in [5.41, 5.74) is 1.40. The fourth-order valence-corrected chi connectivity index (χ4v) is 4.38. The molecule has 2 fully saturated rings. The lowest BCUT2D eigenvalue weighted by molar-refractivity contribution is -0.124. The van der Waals surface area contributed by atoms with Gasteiger partial charge >= 0.3 is 0 Å². The van der Waals surface area contributed by atoms with Crippen molar-refractivity contribution in [2.24, 2.45) is 13.0 Å². The minimum Gasteiger partial charge on any atom is -0.339 e. The molecule has 1 aromatic carbocycles. The van der Waals surface area contributed by atoms with Crippen molar-refractivity contribution in [2.75, 3.05) is 0 Å². The van der Waals surface area contributed by atoms with Crippen molar-refractivity contribution in [3.63, 3.8) is 0 Å². The Morgan fingerprint density at radius 1 is 1.34 bits per heavy atom. The van der Waals surface area contributed by atoms with Crippen LogP contribution >= 0.6 is 0 Å². The van der Waals surface area contributed by atoms with Crippen LogP contribution in [0.15, 0.2) is 41.3 Å². The summed E-state index contributed by atoms with van der Waals surface area (Å²) >= 11 is 0. The minimum absolute atomic E-state index is 0.0890. The Balaban J connectivity index is 1.45. The molecule has 1 amide bonds. The van der Waals surface area contributed by atoms with Gasteiger partial charge in [0.15, 0.2) is 0 Å². The molecule has 1 aromatic heterocycles. The molecule has 2 heterocycles. The number of halogens is 1. The molecular formula is C22H23FN4O2. The van der Waals surface area contributed by atoms with Gasteiger partial charge in [-0.25, -0.2) is 4.39 Å². The average Bonchev–Trinajstić information content (AvgIpc) is 3.34. The highest BCUT2D eigenvalue weighted by molar-refractivity contribution is 5.83. The maximum absolute atomic E-state index is 14.7. The predicted octanol–water partition coefficient (Wildman–Crippen LogP) is 1.88. The van der Waals surface area contributed by atoms with Crippen LogP contribution in [0.1, 0.15) is 24.8 Å². The summed E-state index contributed by atoms with van der Waals surface area (Å²) in [6.45, 7) is 0. The van der Waals surface area contributed by atoms with Crippen molar-refractivity contribution in [3.8, 4) is 17.2 Å². The minimum atomic E-state index is -0.798. The van der Waals surface area contributed by atoms with Crippen LogP contribution in [0, 0.1) is 23.1 Å². The number of carbonyl (C=O) groups is 1. The van der Waals surface area contributed by atoms with Crippen molar-refractivity contribution < 1.29 is 9.18 Å². The number of piperidine rings is 1. The van der Waals surface area contributed by atoms with Gasteiger partial charge in [0.05, 0.1) is 12.1 Å². The molecule has 2 aromatic rings. The van der Waals surface area contributed by atoms with Gasteiger partial charge in [0.2, 0.25) is 5.91 Å². The predicted molar refractivity (Wildman–Crippen MR) is 106 cm³/mol. The Morgan fingerprint density at radius 3 is 2.76 bits per heavy atom. The molecule has 0 radical (unpaired) electrons. The van der Waals surface area contributed by atoms with Crippen LogP contribution in [-0.4, -0.2) is 28.6 Å². The van der Waals surface area contributed by atoms with E-state index in [-0.39, 0.29) is 23.9 Å². The number of pyridine rings is 1. The third-order valence-corrected chi connectivity index (χ3v) is 6.03. The molecule has 3 unspecified atom stereocenters. The number of fused-ring (bicyclic) bond motifs is 2. The lowest BCUT2D eigenvalue weighted by atomic mass is 9.98. The standard InChI is InChI=1S/C22H23FN4O2/c1-27-7-6-14(11-20(27)28)13-2-3-15(19(23)10-13)8-18(12-24)26-22(29)21-16-4-5-17(9-16)25-21/h2-3,6-7,10-11,16-18,21,25H,4-5,8-9H2,1H3,(H,26,29)/t16?,17?,18-,21?/m0/s1. The number of hydrogen-bond acceptors (Lipinski definition) is 4. The number of rotatable bonds is 5. The molecule has 150 valence electrons. The third kappa shape index (κ3) is 3.94. The van der Waals surface area contributed by atoms with Crippen LogP contribution in [-0.2, 0) is 18.3 Å². The van der Waals surface area contributed by atoms with E-state index in [2.05, 4.69) is 16.7 Å². The fraction of sp³-hybridized carbons (Fsp3) is 0.409. The summed E-state index contributed by atoms with van der Waals surface area (Å²) in [6, 6.07) is 9.30. The zero-order chi connectivity index (χ0) is 20.5. The fourth-order valence-electron chi connectivity index (χ4n) is 4.38. The summed E-state index contributed by atoms with van der Waals surface area (Å²) in [4.78, 5) is 24.3. The van der Waals surface area contributed by atoms with E-state index in [1.807, 2.05) is 0 Å². The number of amides is 1. The number of aryl methyl sites for hydroxylation is 1. The molecule has 1 saturated carbocycles. The molecule has 4 rings (SSSR count). The molecule has 7 heteroatoms. The summed E-state index contributed by atoms with van der Waals surface area (Å²) in [7, 11) is 1.65. The van der Waals surface area contributed by atoms with E-state index in [9.17, 15) is 19.2 Å². The molecule has 2 bridgehead atoms. The lowest BCUT2D eigenvalue weighted by Gasteiger charge is -2.23. The van der Waals surface area contributed by atoms with Crippen molar-refractivity contribution in [1.29, 1.82) is 5.26 Å². The highest BCUT2D eigenvalue weighted by atomic mass is 19.1. The molecule has 4 atom stereocenters. The topological polar surface area (TPSA) is 86.9 Å². The van der Waals surface area contributed by atoms with Gasteiger partial charge in [0.1, 0.15) is 11.9 Å². The van der Waals surface area contributed by atoms with Crippen LogP contribution in [0.25, 0.3) is 11.1 Å². The molecule has 1 saturated heterocycles. The highest BCUT2D eigenvalue weighted by Gasteiger charge is 2.43. The van der Waals surface area contributed by atoms with Crippen molar-refractivity contribution in [2.45, 2.75) is 43.8 Å². The Kier molecular flexibility index (Phi) is 5.20. The monoisotopic (exact) mass is 394 g/mol. The Hall–Kier alpha value is -2.98. The molecule has 1 aliphatic carbocycles. The number of nitrogens with zero attached hydrogens (tertiary/aromatic N) is 2. The van der Waals surface area contributed by atoms with Crippen molar-refractivity contribution >= 4 is 5.91 Å². The van der Waals surface area contributed by atoms with Gasteiger partial charge in [-0.3, -0.25) is 9.59 Å². The van der Waals surface area contributed by atoms with Crippen LogP contribution in [0.3, 0.4) is 0 Å². The molecule has 1 aliphatic heterocycles. The number of nitriles is 1. The third-order valence-electron chi connectivity index (χ3n) is 6.03. The van der Waals surface area contributed by atoms with Gasteiger partial charge in [-0.2, -0.15) is 5.26 Å². The molecule has 2 N–H and O–H groups in total. The lowest BCUT2D eigenvalue weighted by Crippen LogP contribution is -2.50. The Labute approximate surface area is 168 Å². The van der Waals surface area contributed by atoms with Gasteiger partial charge in [-0.1, -0.05) is 12.1 Å². The molecule has 29 heavy (non-hydrogen) atoms. The first-order valence-corrected chi connectivity index (χ1v) is 9.86. The van der Waals surface area contributed by atoms with Crippen LogP contribution < -0.4 is 16.2 Å². The van der Waals surface area contributed by atoms with E-state index in [0.29, 0.717) is 28.7 Å². The number of aromatic nitrogens is 1. The first-order chi connectivity index (χ1) is 13.9. The number of benzene rings is 1. The molecule has 6 nitrogen and oxygen atoms in total. The smallest absolute Gasteiger partial charge is 0.250 e.